The first-order chi connectivity index (χ1) is 15.2. The van der Waals surface area contributed by atoms with Crippen molar-refractivity contribution in [3.05, 3.63) is 53.6 Å². The fraction of sp³-hybridized carbons (Fsp3) is 0.440. The van der Waals surface area contributed by atoms with Crippen LogP contribution in [0.3, 0.4) is 0 Å². The highest BCUT2D eigenvalue weighted by Crippen LogP contribution is 2.22. The number of nitrogens with one attached hydrogen (secondary N) is 2. The summed E-state index contributed by atoms with van der Waals surface area (Å²) in [6, 6.07) is 12.7. The van der Waals surface area contributed by atoms with Crippen molar-refractivity contribution in [3.8, 4) is 11.5 Å². The molecule has 1 atom stereocenters. The van der Waals surface area contributed by atoms with Gasteiger partial charge >= 0.3 is 0 Å². The van der Waals surface area contributed by atoms with Crippen LogP contribution in [0.4, 0.5) is 5.69 Å². The largest absolute Gasteiger partial charge is 0.497 e. The van der Waals surface area contributed by atoms with Crippen molar-refractivity contribution >= 4 is 17.5 Å². The Morgan fingerprint density at radius 2 is 1.56 bits per heavy atom. The monoisotopic (exact) mass is 441 g/mol. The Hall–Kier alpha value is -3.22. The molecule has 7 heteroatoms. The molecular weight excluding hydrogens is 406 g/mol. The van der Waals surface area contributed by atoms with E-state index in [4.69, 9.17) is 9.47 Å². The maximum Gasteiger partial charge on any atom is 0.252 e. The Balaban J connectivity index is 1.91. The van der Waals surface area contributed by atoms with Gasteiger partial charge in [0.05, 0.1) is 14.2 Å². The van der Waals surface area contributed by atoms with Gasteiger partial charge < -0.3 is 25.0 Å². The van der Waals surface area contributed by atoms with Crippen LogP contribution in [0, 0.1) is 5.92 Å². The lowest BCUT2D eigenvalue weighted by Gasteiger charge is -2.22. The Kier molecular flexibility index (Phi) is 9.38. The molecule has 2 aromatic rings. The first-order valence-corrected chi connectivity index (χ1v) is 10.8. The molecule has 0 aliphatic heterocycles. The van der Waals surface area contributed by atoms with Crippen molar-refractivity contribution in [3.63, 3.8) is 0 Å². The highest BCUT2D eigenvalue weighted by Gasteiger charge is 2.24. The van der Waals surface area contributed by atoms with Gasteiger partial charge in [0.1, 0.15) is 17.5 Å². The Morgan fingerprint density at radius 3 is 2.06 bits per heavy atom. The standard InChI is InChI=1S/C25H35N3O4/c1-17(2)23(27-24(29)19-14-21(31-5)16-22(15-19)32-6)25(30)26-13-7-8-18-9-11-20(12-10-18)28(3)4/h9-12,14-17,23H,7-8,13H2,1-6H3,(H,26,30)(H,27,29). The van der Waals surface area contributed by atoms with Crippen LogP contribution in [-0.2, 0) is 11.2 Å². The lowest BCUT2D eigenvalue weighted by Crippen LogP contribution is -2.49. The molecule has 0 fully saturated rings. The fourth-order valence-electron chi connectivity index (χ4n) is 3.27. The molecule has 174 valence electrons. The molecule has 2 aromatic carbocycles. The van der Waals surface area contributed by atoms with Gasteiger partial charge in [-0.15, -0.1) is 0 Å². The van der Waals surface area contributed by atoms with Crippen LogP contribution in [-0.4, -0.2) is 52.7 Å². The van der Waals surface area contributed by atoms with E-state index in [1.807, 2.05) is 27.9 Å². The number of anilines is 1. The zero-order valence-electron chi connectivity index (χ0n) is 19.9. The summed E-state index contributed by atoms with van der Waals surface area (Å²) >= 11 is 0. The minimum atomic E-state index is -0.640. The second kappa shape index (κ2) is 12.0. The minimum absolute atomic E-state index is 0.0648. The highest BCUT2D eigenvalue weighted by molar-refractivity contribution is 5.98. The Bertz CT molecular complexity index is 872. The molecule has 2 N–H and O–H groups in total. The molecule has 0 saturated heterocycles. The van der Waals surface area contributed by atoms with Crippen molar-refractivity contribution in [2.75, 3.05) is 39.8 Å². The average Bonchev–Trinajstić information content (AvgIpc) is 2.79. The number of rotatable bonds is 11. The van der Waals surface area contributed by atoms with E-state index in [0.29, 0.717) is 23.6 Å². The van der Waals surface area contributed by atoms with E-state index in [1.54, 1.807) is 18.2 Å². The number of amides is 2. The fourth-order valence-corrected chi connectivity index (χ4v) is 3.27. The van der Waals surface area contributed by atoms with E-state index in [0.717, 1.165) is 18.5 Å². The first-order valence-electron chi connectivity index (χ1n) is 10.8. The molecule has 0 spiro atoms. The summed E-state index contributed by atoms with van der Waals surface area (Å²) in [7, 11) is 7.08. The van der Waals surface area contributed by atoms with Crippen molar-refractivity contribution in [1.29, 1.82) is 0 Å². The molecule has 1 unspecified atom stereocenters. The van der Waals surface area contributed by atoms with E-state index >= 15 is 0 Å². The minimum Gasteiger partial charge on any atom is -0.497 e. The smallest absolute Gasteiger partial charge is 0.252 e. The summed E-state index contributed by atoms with van der Waals surface area (Å²) in [5.41, 5.74) is 2.76. The van der Waals surface area contributed by atoms with Gasteiger partial charge in [0, 0.05) is 38.0 Å². The lowest BCUT2D eigenvalue weighted by atomic mass is 10.0. The predicted octanol–water partition coefficient (Wildman–Crippen LogP) is 3.27. The lowest BCUT2D eigenvalue weighted by molar-refractivity contribution is -0.123. The molecule has 2 amide bonds. The van der Waals surface area contributed by atoms with Crippen LogP contribution in [0.15, 0.2) is 42.5 Å². The summed E-state index contributed by atoms with van der Waals surface area (Å²) in [5.74, 6) is 0.422. The second-order valence-corrected chi connectivity index (χ2v) is 8.25. The number of hydrogen-bond donors (Lipinski definition) is 2. The molecular formula is C25H35N3O4. The zero-order valence-corrected chi connectivity index (χ0v) is 19.9. The Labute approximate surface area is 191 Å². The van der Waals surface area contributed by atoms with Crippen LogP contribution in [0.25, 0.3) is 0 Å². The van der Waals surface area contributed by atoms with Crippen LogP contribution >= 0.6 is 0 Å². The number of carbonyl (C=O) groups excluding carboxylic acids is 2. The molecule has 7 nitrogen and oxygen atoms in total. The van der Waals surface area contributed by atoms with Crippen LogP contribution in [0.1, 0.15) is 36.2 Å². The van der Waals surface area contributed by atoms with Crippen molar-refractivity contribution in [1.82, 2.24) is 10.6 Å². The van der Waals surface area contributed by atoms with Gasteiger partial charge in [-0.05, 0) is 48.6 Å². The van der Waals surface area contributed by atoms with Crippen LogP contribution in [0.5, 0.6) is 11.5 Å². The molecule has 0 aliphatic carbocycles. The molecule has 0 bridgehead atoms. The van der Waals surface area contributed by atoms with Gasteiger partial charge in [-0.1, -0.05) is 26.0 Å². The van der Waals surface area contributed by atoms with Gasteiger partial charge in [-0.25, -0.2) is 0 Å². The number of benzene rings is 2. The third-order valence-corrected chi connectivity index (χ3v) is 5.24. The quantitative estimate of drug-likeness (QED) is 0.523. The molecule has 0 heterocycles. The van der Waals surface area contributed by atoms with Gasteiger partial charge in [-0.2, -0.15) is 0 Å². The maximum atomic E-state index is 12.8. The molecule has 0 saturated carbocycles. The predicted molar refractivity (Wildman–Crippen MR) is 128 cm³/mol. The average molecular weight is 442 g/mol. The van der Waals surface area contributed by atoms with Crippen LogP contribution < -0.4 is 25.0 Å². The van der Waals surface area contributed by atoms with E-state index in [-0.39, 0.29) is 17.7 Å². The summed E-state index contributed by atoms with van der Waals surface area (Å²) in [4.78, 5) is 27.6. The second-order valence-electron chi connectivity index (χ2n) is 8.25. The number of ether oxygens (including phenoxy) is 2. The van der Waals surface area contributed by atoms with E-state index in [1.165, 1.54) is 19.8 Å². The summed E-state index contributed by atoms with van der Waals surface area (Å²) in [6.07, 6.45) is 1.69. The first kappa shape index (κ1) is 25.0. The van der Waals surface area contributed by atoms with Crippen molar-refractivity contribution in [2.45, 2.75) is 32.7 Å². The SMILES string of the molecule is COc1cc(OC)cc(C(=O)NC(C(=O)NCCCc2ccc(N(C)C)cc2)C(C)C)c1. The van der Waals surface area contributed by atoms with Gasteiger partial charge in [-0.3, -0.25) is 9.59 Å². The molecule has 32 heavy (non-hydrogen) atoms. The highest BCUT2D eigenvalue weighted by atomic mass is 16.5. The molecule has 2 rings (SSSR count). The topological polar surface area (TPSA) is 79.9 Å². The molecule has 0 aliphatic rings. The van der Waals surface area contributed by atoms with Crippen molar-refractivity contribution in [2.24, 2.45) is 5.92 Å². The summed E-state index contributed by atoms with van der Waals surface area (Å²) in [6.45, 7) is 4.35. The van der Waals surface area contributed by atoms with Crippen molar-refractivity contribution < 1.29 is 19.1 Å². The Morgan fingerprint density at radius 1 is 0.969 bits per heavy atom. The zero-order chi connectivity index (χ0) is 23.7. The van der Waals surface area contributed by atoms with E-state index < -0.39 is 6.04 Å². The number of carbonyl (C=O) groups is 2. The van der Waals surface area contributed by atoms with E-state index in [2.05, 4.69) is 39.8 Å². The number of aryl methyl sites for hydroxylation is 1. The summed E-state index contributed by atoms with van der Waals surface area (Å²) < 4.78 is 10.5. The maximum absolute atomic E-state index is 12.8. The van der Waals surface area contributed by atoms with E-state index in [9.17, 15) is 9.59 Å². The van der Waals surface area contributed by atoms with Crippen LogP contribution in [0.2, 0.25) is 0 Å². The van der Waals surface area contributed by atoms with Gasteiger partial charge in [0.15, 0.2) is 0 Å². The van der Waals surface area contributed by atoms with Gasteiger partial charge in [0.2, 0.25) is 5.91 Å². The molecule has 0 radical (unpaired) electrons. The number of nitrogens with zero attached hydrogens (tertiary/aromatic N) is 1. The number of hydrogen-bond acceptors (Lipinski definition) is 5. The molecule has 0 aromatic heterocycles. The third kappa shape index (κ3) is 7.18. The number of methoxy groups -OCH3 is 2. The van der Waals surface area contributed by atoms with Gasteiger partial charge in [0.25, 0.3) is 5.91 Å². The summed E-state index contributed by atoms with van der Waals surface area (Å²) in [5, 5.41) is 5.80. The normalized spacial score (nSPS) is 11.6. The third-order valence-electron chi connectivity index (χ3n) is 5.24.